The summed E-state index contributed by atoms with van der Waals surface area (Å²) in [4.78, 5) is 23.4. The van der Waals surface area contributed by atoms with E-state index in [0.29, 0.717) is 16.1 Å². The zero-order valence-electron chi connectivity index (χ0n) is 11.3. The topological polar surface area (TPSA) is 64.6 Å². The van der Waals surface area contributed by atoms with E-state index in [9.17, 15) is 9.59 Å². The molecule has 0 aliphatic rings. The summed E-state index contributed by atoms with van der Waals surface area (Å²) in [6, 6.07) is 7.50. The fraction of sp³-hybridized carbons (Fsp3) is 0.143. The van der Waals surface area contributed by atoms with Crippen LogP contribution in [0.1, 0.15) is 10.4 Å². The van der Waals surface area contributed by atoms with E-state index < -0.39 is 12.1 Å². The molecule has 0 aliphatic carbocycles. The Morgan fingerprint density at radius 2 is 1.81 bits per heavy atom. The number of anilines is 1. The van der Waals surface area contributed by atoms with Crippen molar-refractivity contribution in [1.82, 2.24) is 0 Å². The first kappa shape index (κ1) is 15.5. The van der Waals surface area contributed by atoms with E-state index in [1.54, 1.807) is 5.38 Å². The predicted octanol–water partition coefficient (Wildman–Crippen LogP) is 4.14. The molecule has 1 heterocycles. The first-order valence-corrected chi connectivity index (χ1v) is 7.54. The minimum atomic E-state index is -0.635. The maximum atomic E-state index is 12.0. The van der Waals surface area contributed by atoms with Gasteiger partial charge in [0.1, 0.15) is 10.6 Å². The zero-order chi connectivity index (χ0) is 15.4. The van der Waals surface area contributed by atoms with Crippen molar-refractivity contribution < 1.29 is 19.1 Å². The number of rotatable bonds is 3. The van der Waals surface area contributed by atoms with Crippen molar-refractivity contribution >= 4 is 44.3 Å². The van der Waals surface area contributed by atoms with Gasteiger partial charge < -0.3 is 9.47 Å². The van der Waals surface area contributed by atoms with E-state index in [1.807, 2.05) is 24.3 Å². The van der Waals surface area contributed by atoms with Gasteiger partial charge in [0.25, 0.3) is 0 Å². The Labute approximate surface area is 134 Å². The fourth-order valence-corrected chi connectivity index (χ4v) is 2.95. The van der Waals surface area contributed by atoms with Gasteiger partial charge in [-0.3, -0.25) is 5.32 Å². The molecule has 21 heavy (non-hydrogen) atoms. The highest BCUT2D eigenvalue weighted by molar-refractivity contribution is 9.10. The van der Waals surface area contributed by atoms with Crippen LogP contribution in [-0.2, 0) is 9.47 Å². The number of nitrogens with one attached hydrogen (secondary N) is 1. The third kappa shape index (κ3) is 3.43. The van der Waals surface area contributed by atoms with Gasteiger partial charge in [0, 0.05) is 15.4 Å². The number of hydrogen-bond donors (Lipinski definition) is 1. The molecule has 1 amide bonds. The highest BCUT2D eigenvalue weighted by atomic mass is 79.9. The number of thiophene rings is 1. The number of halogens is 1. The summed E-state index contributed by atoms with van der Waals surface area (Å²) in [5.41, 5.74) is 1.87. The number of amides is 1. The van der Waals surface area contributed by atoms with Crippen LogP contribution in [0.4, 0.5) is 9.80 Å². The molecular formula is C14H12BrNO4S. The molecule has 0 fully saturated rings. The average Bonchev–Trinajstić information content (AvgIpc) is 2.90. The first-order chi connectivity index (χ1) is 10.1. The second kappa shape index (κ2) is 6.73. The third-order valence-electron chi connectivity index (χ3n) is 2.74. The first-order valence-electron chi connectivity index (χ1n) is 5.87. The lowest BCUT2D eigenvalue weighted by molar-refractivity contribution is 0.0603. The van der Waals surface area contributed by atoms with E-state index in [-0.39, 0.29) is 0 Å². The predicted molar refractivity (Wildman–Crippen MR) is 84.8 cm³/mol. The quantitative estimate of drug-likeness (QED) is 0.825. The Balaban J connectivity index is 2.48. The van der Waals surface area contributed by atoms with Crippen LogP contribution in [0.15, 0.2) is 34.1 Å². The van der Waals surface area contributed by atoms with Crippen LogP contribution >= 0.6 is 27.3 Å². The van der Waals surface area contributed by atoms with Gasteiger partial charge in [-0.1, -0.05) is 28.1 Å². The van der Waals surface area contributed by atoms with Crippen LogP contribution in [0.2, 0.25) is 0 Å². The van der Waals surface area contributed by atoms with Crippen molar-refractivity contribution in [1.29, 1.82) is 0 Å². The smallest absolute Gasteiger partial charge is 0.411 e. The molecule has 110 valence electrons. The Morgan fingerprint density at radius 1 is 1.14 bits per heavy atom. The number of methoxy groups -OCH3 is 2. The molecule has 2 aromatic rings. The van der Waals surface area contributed by atoms with Crippen LogP contribution in [0.5, 0.6) is 0 Å². The highest BCUT2D eigenvalue weighted by Gasteiger charge is 2.22. The average molecular weight is 370 g/mol. The van der Waals surface area contributed by atoms with Gasteiger partial charge in [-0.15, -0.1) is 11.3 Å². The van der Waals surface area contributed by atoms with E-state index >= 15 is 0 Å². The van der Waals surface area contributed by atoms with Gasteiger partial charge in [0.2, 0.25) is 0 Å². The van der Waals surface area contributed by atoms with Crippen LogP contribution < -0.4 is 5.32 Å². The molecule has 1 aromatic heterocycles. The molecule has 0 bridgehead atoms. The second-order valence-electron chi connectivity index (χ2n) is 3.97. The molecule has 2 rings (SSSR count). The van der Waals surface area contributed by atoms with Gasteiger partial charge in [-0.25, -0.2) is 9.59 Å². The van der Waals surface area contributed by atoms with Gasteiger partial charge in [-0.2, -0.15) is 0 Å². The second-order valence-corrected chi connectivity index (χ2v) is 5.76. The molecule has 0 atom stereocenters. The molecule has 1 N–H and O–H groups in total. The SMILES string of the molecule is COC(=O)Nc1scc(-c2ccc(Br)cc2)c1C(=O)OC. The summed E-state index contributed by atoms with van der Waals surface area (Å²) in [7, 11) is 2.56. The summed E-state index contributed by atoms with van der Waals surface area (Å²) >= 11 is 4.60. The number of esters is 1. The van der Waals surface area contributed by atoms with E-state index in [0.717, 1.165) is 10.0 Å². The van der Waals surface area contributed by atoms with Crippen LogP contribution in [0.3, 0.4) is 0 Å². The van der Waals surface area contributed by atoms with Crippen molar-refractivity contribution in [2.24, 2.45) is 0 Å². The van der Waals surface area contributed by atoms with Crippen molar-refractivity contribution in [3.05, 3.63) is 39.7 Å². The third-order valence-corrected chi connectivity index (χ3v) is 4.16. The van der Waals surface area contributed by atoms with E-state index in [1.165, 1.54) is 25.6 Å². The molecule has 0 saturated heterocycles. The van der Waals surface area contributed by atoms with Gasteiger partial charge in [0.15, 0.2) is 0 Å². The molecule has 0 spiro atoms. The van der Waals surface area contributed by atoms with Gasteiger partial charge in [-0.05, 0) is 17.7 Å². The highest BCUT2D eigenvalue weighted by Crippen LogP contribution is 2.36. The lowest BCUT2D eigenvalue weighted by Gasteiger charge is -2.07. The van der Waals surface area contributed by atoms with Crippen LogP contribution in [0.25, 0.3) is 11.1 Å². The normalized spacial score (nSPS) is 10.0. The van der Waals surface area contributed by atoms with E-state index in [4.69, 9.17) is 4.74 Å². The molecular weight excluding hydrogens is 358 g/mol. The number of ether oxygens (including phenoxy) is 2. The summed E-state index contributed by atoms with van der Waals surface area (Å²) in [6.45, 7) is 0. The fourth-order valence-electron chi connectivity index (χ4n) is 1.74. The minimum Gasteiger partial charge on any atom is -0.465 e. The van der Waals surface area contributed by atoms with Gasteiger partial charge >= 0.3 is 12.1 Å². The number of carbonyl (C=O) groups excluding carboxylic acids is 2. The summed E-state index contributed by atoms with van der Waals surface area (Å²) in [5.74, 6) is -0.513. The Bertz CT molecular complexity index is 666. The maximum absolute atomic E-state index is 12.0. The van der Waals surface area contributed by atoms with Crippen LogP contribution in [0, 0.1) is 0 Å². The largest absolute Gasteiger partial charge is 0.465 e. The lowest BCUT2D eigenvalue weighted by Crippen LogP contribution is -2.13. The van der Waals surface area contributed by atoms with Crippen molar-refractivity contribution in [3.8, 4) is 11.1 Å². The number of benzene rings is 1. The van der Waals surface area contributed by atoms with Crippen molar-refractivity contribution in [2.75, 3.05) is 19.5 Å². The standard InChI is InChI=1S/C14H12BrNO4S/c1-19-13(17)11-10(8-3-5-9(15)6-4-8)7-21-12(11)16-14(18)20-2/h3-7H,1-2H3,(H,16,18). The number of carbonyl (C=O) groups is 2. The van der Waals surface area contributed by atoms with Gasteiger partial charge in [0.05, 0.1) is 14.2 Å². The molecule has 0 aliphatic heterocycles. The molecule has 7 heteroatoms. The Morgan fingerprint density at radius 3 is 2.38 bits per heavy atom. The molecule has 0 radical (unpaired) electrons. The molecule has 5 nitrogen and oxygen atoms in total. The Kier molecular flexibility index (Phi) is 4.98. The van der Waals surface area contributed by atoms with Crippen molar-refractivity contribution in [3.63, 3.8) is 0 Å². The molecule has 0 unspecified atom stereocenters. The van der Waals surface area contributed by atoms with Crippen molar-refractivity contribution in [2.45, 2.75) is 0 Å². The molecule has 0 saturated carbocycles. The summed E-state index contributed by atoms with van der Waals surface area (Å²) in [5, 5.41) is 4.71. The summed E-state index contributed by atoms with van der Waals surface area (Å²) in [6.07, 6.45) is -0.635. The monoisotopic (exact) mass is 369 g/mol. The Hall–Kier alpha value is -1.86. The number of hydrogen-bond acceptors (Lipinski definition) is 5. The maximum Gasteiger partial charge on any atom is 0.411 e. The molecule has 1 aromatic carbocycles. The zero-order valence-corrected chi connectivity index (χ0v) is 13.7. The minimum absolute atomic E-state index is 0.315. The lowest BCUT2D eigenvalue weighted by atomic mass is 10.0. The summed E-state index contributed by atoms with van der Waals surface area (Å²) < 4.78 is 10.3. The van der Waals surface area contributed by atoms with E-state index in [2.05, 4.69) is 26.0 Å². The van der Waals surface area contributed by atoms with Crippen LogP contribution in [-0.4, -0.2) is 26.3 Å².